The first kappa shape index (κ1) is 10.1. The average molecular weight is 199 g/mol. The van der Waals surface area contributed by atoms with Crippen LogP contribution in [0.25, 0.3) is 0 Å². The van der Waals surface area contributed by atoms with Gasteiger partial charge in [-0.3, -0.25) is 0 Å². The van der Waals surface area contributed by atoms with Crippen LogP contribution in [0.4, 0.5) is 0 Å². The molecule has 1 rings (SSSR count). The zero-order chi connectivity index (χ0) is 9.84. The van der Waals surface area contributed by atoms with E-state index in [1.54, 1.807) is 12.1 Å². The number of esters is 1. The van der Waals surface area contributed by atoms with Crippen molar-refractivity contribution in [2.75, 3.05) is 7.11 Å². The largest absolute Gasteiger partial charge is 0.465 e. The molecule has 70 valence electrons. The fraction of sp³-hybridized carbons (Fsp3) is 0.300. The average Bonchev–Trinajstić information content (AvgIpc) is 2.16. The maximum atomic E-state index is 11.1. The zero-order valence-corrected chi connectivity index (χ0v) is 8.39. The predicted octanol–water partition coefficient (Wildman–Crippen LogP) is 2.69. The van der Waals surface area contributed by atoms with Gasteiger partial charge < -0.3 is 4.74 Å². The van der Waals surface area contributed by atoms with Crippen molar-refractivity contribution >= 4 is 17.6 Å². The maximum absolute atomic E-state index is 11.1. The van der Waals surface area contributed by atoms with Crippen molar-refractivity contribution in [3.05, 3.63) is 34.3 Å². The van der Waals surface area contributed by atoms with Crippen LogP contribution in [0.15, 0.2) is 18.2 Å². The highest BCUT2D eigenvalue weighted by Crippen LogP contribution is 2.18. The monoisotopic (exact) mass is 198 g/mol. The summed E-state index contributed by atoms with van der Waals surface area (Å²) in [4.78, 5) is 11.1. The van der Waals surface area contributed by atoms with Crippen molar-refractivity contribution in [1.29, 1.82) is 0 Å². The lowest BCUT2D eigenvalue weighted by Crippen LogP contribution is -2.02. The number of hydrogen-bond donors (Lipinski definition) is 0. The summed E-state index contributed by atoms with van der Waals surface area (Å²) in [6, 6.07) is 5.35. The normalized spacial score (nSPS) is 9.77. The van der Waals surface area contributed by atoms with Gasteiger partial charge in [-0.05, 0) is 24.1 Å². The molecule has 2 nitrogen and oxygen atoms in total. The van der Waals surface area contributed by atoms with Crippen LogP contribution in [0.3, 0.4) is 0 Å². The number of aryl methyl sites for hydroxylation is 1. The second kappa shape index (κ2) is 4.28. The van der Waals surface area contributed by atoms with E-state index in [0.717, 1.165) is 12.0 Å². The molecule has 0 aliphatic heterocycles. The Morgan fingerprint density at radius 2 is 2.23 bits per heavy atom. The molecule has 0 radical (unpaired) electrons. The van der Waals surface area contributed by atoms with Gasteiger partial charge in [0.15, 0.2) is 0 Å². The van der Waals surface area contributed by atoms with E-state index in [1.165, 1.54) is 7.11 Å². The summed E-state index contributed by atoms with van der Waals surface area (Å²) in [6.07, 6.45) is 0.904. The zero-order valence-electron chi connectivity index (χ0n) is 7.63. The summed E-state index contributed by atoms with van der Waals surface area (Å²) >= 11 is 5.88. The highest BCUT2D eigenvalue weighted by Gasteiger charge is 2.09. The van der Waals surface area contributed by atoms with Crippen molar-refractivity contribution in [2.24, 2.45) is 0 Å². The van der Waals surface area contributed by atoms with Crippen LogP contribution in [-0.4, -0.2) is 13.1 Å². The molecule has 0 atom stereocenters. The van der Waals surface area contributed by atoms with Gasteiger partial charge in [-0.25, -0.2) is 4.79 Å². The van der Waals surface area contributed by atoms with Gasteiger partial charge in [0.2, 0.25) is 0 Å². The first-order valence-electron chi connectivity index (χ1n) is 4.05. The van der Waals surface area contributed by atoms with Gasteiger partial charge >= 0.3 is 5.97 Å². The van der Waals surface area contributed by atoms with Crippen molar-refractivity contribution in [3.8, 4) is 0 Å². The third kappa shape index (κ3) is 2.22. The van der Waals surface area contributed by atoms with Crippen molar-refractivity contribution in [3.63, 3.8) is 0 Å². The smallest absolute Gasteiger partial charge is 0.339 e. The molecule has 1 aromatic carbocycles. The Hall–Kier alpha value is -1.02. The molecule has 0 saturated carbocycles. The predicted molar refractivity (Wildman–Crippen MR) is 52.2 cm³/mol. The fourth-order valence-electron chi connectivity index (χ4n) is 1.05. The molecule has 0 heterocycles. The van der Waals surface area contributed by atoms with Gasteiger partial charge in [0, 0.05) is 0 Å². The van der Waals surface area contributed by atoms with E-state index in [-0.39, 0.29) is 0 Å². The first-order chi connectivity index (χ1) is 6.19. The lowest BCUT2D eigenvalue weighted by atomic mass is 10.1. The lowest BCUT2D eigenvalue weighted by molar-refractivity contribution is 0.0601. The van der Waals surface area contributed by atoms with Crippen LogP contribution in [0.5, 0.6) is 0 Å². The van der Waals surface area contributed by atoms with E-state index in [1.807, 2.05) is 13.0 Å². The first-order valence-corrected chi connectivity index (χ1v) is 4.43. The molecule has 0 saturated heterocycles. The van der Waals surface area contributed by atoms with Gasteiger partial charge in [0.1, 0.15) is 0 Å². The van der Waals surface area contributed by atoms with Crippen molar-refractivity contribution in [2.45, 2.75) is 13.3 Å². The number of carbonyl (C=O) groups excluding carboxylic acids is 1. The topological polar surface area (TPSA) is 26.3 Å². The Morgan fingerprint density at radius 1 is 1.54 bits per heavy atom. The summed E-state index contributed by atoms with van der Waals surface area (Å²) in [5.41, 5.74) is 1.53. The van der Waals surface area contributed by atoms with Crippen LogP contribution in [0.1, 0.15) is 22.8 Å². The van der Waals surface area contributed by atoms with E-state index >= 15 is 0 Å². The van der Waals surface area contributed by atoms with Gasteiger partial charge in [-0.1, -0.05) is 24.6 Å². The number of rotatable bonds is 2. The molecule has 0 spiro atoms. The second-order valence-corrected chi connectivity index (χ2v) is 3.07. The van der Waals surface area contributed by atoms with Gasteiger partial charge in [0.05, 0.1) is 17.7 Å². The molecule has 0 N–H and O–H groups in total. The van der Waals surface area contributed by atoms with E-state index < -0.39 is 5.97 Å². The summed E-state index contributed by atoms with van der Waals surface area (Å²) in [5.74, 6) is -0.396. The molecule has 0 aromatic heterocycles. The summed E-state index contributed by atoms with van der Waals surface area (Å²) in [6.45, 7) is 2.03. The fourth-order valence-corrected chi connectivity index (χ4v) is 1.33. The molecule has 0 unspecified atom stereocenters. The van der Waals surface area contributed by atoms with Gasteiger partial charge in [-0.15, -0.1) is 0 Å². The van der Waals surface area contributed by atoms with Gasteiger partial charge in [0.25, 0.3) is 0 Å². The molecule has 0 bridgehead atoms. The molecular formula is C10H11ClO2. The second-order valence-electron chi connectivity index (χ2n) is 2.66. The number of hydrogen-bond acceptors (Lipinski definition) is 2. The minimum atomic E-state index is -0.396. The molecule has 13 heavy (non-hydrogen) atoms. The van der Waals surface area contributed by atoms with Crippen molar-refractivity contribution < 1.29 is 9.53 Å². The minimum Gasteiger partial charge on any atom is -0.465 e. The Bertz CT molecular complexity index is 321. The SMILES string of the molecule is CCc1ccc(C(=O)OC)c(Cl)c1. The third-order valence-electron chi connectivity index (χ3n) is 1.85. The summed E-state index contributed by atoms with van der Waals surface area (Å²) in [7, 11) is 1.34. The van der Waals surface area contributed by atoms with Crippen LogP contribution in [-0.2, 0) is 11.2 Å². The molecule has 1 aromatic rings. The summed E-state index contributed by atoms with van der Waals surface area (Å²) in [5, 5.41) is 0.450. The standard InChI is InChI=1S/C10H11ClO2/c1-3-7-4-5-8(9(11)6-7)10(12)13-2/h4-6H,3H2,1-2H3. The minimum absolute atomic E-state index is 0.396. The Kier molecular flexibility index (Phi) is 3.32. The molecule has 0 aliphatic carbocycles. The van der Waals surface area contributed by atoms with E-state index in [2.05, 4.69) is 4.74 Å². The highest BCUT2D eigenvalue weighted by molar-refractivity contribution is 6.33. The molecule has 0 fully saturated rings. The number of methoxy groups -OCH3 is 1. The Labute approximate surface area is 82.5 Å². The molecule has 0 amide bonds. The third-order valence-corrected chi connectivity index (χ3v) is 2.16. The number of carbonyl (C=O) groups is 1. The number of ether oxygens (including phenoxy) is 1. The highest BCUT2D eigenvalue weighted by atomic mass is 35.5. The molecule has 3 heteroatoms. The van der Waals surface area contributed by atoms with E-state index in [0.29, 0.717) is 10.6 Å². The van der Waals surface area contributed by atoms with Gasteiger partial charge in [-0.2, -0.15) is 0 Å². The molecule has 0 aliphatic rings. The maximum Gasteiger partial charge on any atom is 0.339 e. The Morgan fingerprint density at radius 3 is 2.69 bits per heavy atom. The van der Waals surface area contributed by atoms with Crippen LogP contribution < -0.4 is 0 Å². The van der Waals surface area contributed by atoms with E-state index in [9.17, 15) is 4.79 Å². The number of halogens is 1. The lowest BCUT2D eigenvalue weighted by Gasteiger charge is -2.03. The van der Waals surface area contributed by atoms with Crippen molar-refractivity contribution in [1.82, 2.24) is 0 Å². The number of benzene rings is 1. The molecular weight excluding hydrogens is 188 g/mol. The quantitative estimate of drug-likeness (QED) is 0.683. The van der Waals surface area contributed by atoms with Crippen LogP contribution in [0, 0.1) is 0 Å². The summed E-state index contributed by atoms with van der Waals surface area (Å²) < 4.78 is 4.57. The Balaban J connectivity index is 3.05. The van der Waals surface area contributed by atoms with Crippen LogP contribution in [0.2, 0.25) is 5.02 Å². The van der Waals surface area contributed by atoms with E-state index in [4.69, 9.17) is 11.6 Å². The van der Waals surface area contributed by atoms with Crippen LogP contribution >= 0.6 is 11.6 Å².